The van der Waals surface area contributed by atoms with Gasteiger partial charge in [0.05, 0.1) is 0 Å². The molecule has 1 rings (SSSR count). The SMILES string of the molecule is C[PH](N)(Cl)NC1CCCCC1. The van der Waals surface area contributed by atoms with Crippen LogP contribution >= 0.6 is 18.2 Å². The second-order valence-electron chi connectivity index (χ2n) is 3.55. The molecule has 0 spiro atoms. The summed E-state index contributed by atoms with van der Waals surface area (Å²) in [4.78, 5) is 0. The average Bonchev–Trinajstić information content (AvgIpc) is 1.85. The van der Waals surface area contributed by atoms with Crippen LogP contribution < -0.4 is 10.6 Å². The number of hydrogen-bond acceptors (Lipinski definition) is 2. The van der Waals surface area contributed by atoms with Crippen molar-refractivity contribution in [2.45, 2.75) is 38.1 Å². The molecule has 0 amide bonds. The molecule has 1 fully saturated rings. The second kappa shape index (κ2) is 4.04. The van der Waals surface area contributed by atoms with Gasteiger partial charge in [0.1, 0.15) is 0 Å². The van der Waals surface area contributed by atoms with E-state index in [0.717, 1.165) is 0 Å². The Bertz CT molecular complexity index is 118. The zero-order valence-corrected chi connectivity index (χ0v) is 8.82. The Hall–Kier alpha value is 0.640. The predicted molar refractivity (Wildman–Crippen MR) is 54.3 cm³/mol. The van der Waals surface area contributed by atoms with E-state index in [4.69, 9.17) is 16.7 Å². The summed E-state index contributed by atoms with van der Waals surface area (Å²) in [6.07, 6.45) is 6.56. The molecule has 1 aliphatic carbocycles. The van der Waals surface area contributed by atoms with Crippen molar-refractivity contribution in [3.63, 3.8) is 0 Å². The van der Waals surface area contributed by atoms with E-state index in [-0.39, 0.29) is 0 Å². The van der Waals surface area contributed by atoms with E-state index in [0.29, 0.717) is 6.04 Å². The van der Waals surface area contributed by atoms with Gasteiger partial charge in [0.25, 0.3) is 0 Å². The summed E-state index contributed by atoms with van der Waals surface area (Å²) in [5, 5.41) is 3.34. The van der Waals surface area contributed by atoms with Crippen molar-refractivity contribution in [2.75, 3.05) is 6.66 Å². The number of nitrogens with one attached hydrogen (secondary N) is 1. The van der Waals surface area contributed by atoms with Gasteiger partial charge in [-0.3, -0.25) is 0 Å². The molecule has 68 valence electrons. The summed E-state index contributed by atoms with van der Waals surface area (Å²) in [5.74, 6) is 0. The van der Waals surface area contributed by atoms with E-state index >= 15 is 0 Å². The molecule has 0 radical (unpaired) electrons. The van der Waals surface area contributed by atoms with Crippen molar-refractivity contribution in [1.82, 2.24) is 5.09 Å². The topological polar surface area (TPSA) is 38.0 Å². The zero-order chi connectivity index (χ0) is 8.32. The van der Waals surface area contributed by atoms with Crippen molar-refractivity contribution in [3.05, 3.63) is 0 Å². The van der Waals surface area contributed by atoms with Gasteiger partial charge in [-0.1, -0.05) is 0 Å². The zero-order valence-electron chi connectivity index (χ0n) is 7.07. The van der Waals surface area contributed by atoms with Crippen LogP contribution in [0.15, 0.2) is 0 Å². The first-order chi connectivity index (χ1) is 5.08. The molecule has 0 aromatic carbocycles. The summed E-state index contributed by atoms with van der Waals surface area (Å²) >= 11 is 5.97. The van der Waals surface area contributed by atoms with Crippen LogP contribution in [0.25, 0.3) is 0 Å². The summed E-state index contributed by atoms with van der Waals surface area (Å²) < 4.78 is 0. The van der Waals surface area contributed by atoms with Crippen LogP contribution in [-0.4, -0.2) is 12.7 Å². The Morgan fingerprint density at radius 3 is 2.36 bits per heavy atom. The Morgan fingerprint density at radius 1 is 1.36 bits per heavy atom. The fourth-order valence-electron chi connectivity index (χ4n) is 1.65. The number of hydrogen-bond donors (Lipinski definition) is 2. The molecule has 0 bridgehead atoms. The van der Waals surface area contributed by atoms with Crippen LogP contribution in [0.3, 0.4) is 0 Å². The molecule has 0 unspecified atom stereocenters. The summed E-state index contributed by atoms with van der Waals surface area (Å²) in [5.41, 5.74) is 5.76. The first kappa shape index (κ1) is 9.73. The fraction of sp³-hybridized carbons (Fsp3) is 1.00. The van der Waals surface area contributed by atoms with Gasteiger partial charge >= 0.3 is 73.6 Å². The third-order valence-electron chi connectivity index (χ3n) is 2.09. The molecule has 11 heavy (non-hydrogen) atoms. The van der Waals surface area contributed by atoms with Gasteiger partial charge in [0.2, 0.25) is 0 Å². The van der Waals surface area contributed by atoms with Crippen molar-refractivity contribution in [1.29, 1.82) is 0 Å². The van der Waals surface area contributed by atoms with Crippen molar-refractivity contribution in [2.24, 2.45) is 5.50 Å². The quantitative estimate of drug-likeness (QED) is 0.665. The van der Waals surface area contributed by atoms with Crippen molar-refractivity contribution >= 4 is 18.2 Å². The van der Waals surface area contributed by atoms with E-state index in [1.807, 2.05) is 6.66 Å². The molecule has 2 nitrogen and oxygen atoms in total. The van der Waals surface area contributed by atoms with Crippen LogP contribution in [0.4, 0.5) is 0 Å². The summed E-state index contributed by atoms with van der Waals surface area (Å²) in [6, 6.07) is 0.600. The monoisotopic (exact) mass is 196 g/mol. The fourth-order valence-corrected chi connectivity index (χ4v) is 3.20. The Kier molecular flexibility index (Phi) is 3.57. The van der Waals surface area contributed by atoms with Crippen LogP contribution in [0.1, 0.15) is 32.1 Å². The predicted octanol–water partition coefficient (Wildman–Crippen LogP) is 2.23. The molecule has 0 heterocycles. The number of rotatable bonds is 2. The number of halogens is 1. The first-order valence-corrected chi connectivity index (χ1v) is 7.92. The van der Waals surface area contributed by atoms with Gasteiger partial charge < -0.3 is 0 Å². The third-order valence-corrected chi connectivity index (χ3v) is 3.39. The molecule has 0 saturated heterocycles. The van der Waals surface area contributed by atoms with E-state index in [2.05, 4.69) is 5.09 Å². The van der Waals surface area contributed by atoms with Crippen molar-refractivity contribution in [3.8, 4) is 0 Å². The third kappa shape index (κ3) is 4.27. The Balaban J connectivity index is 2.24. The maximum atomic E-state index is 5.97. The molecular weight excluding hydrogens is 179 g/mol. The summed E-state index contributed by atoms with van der Waals surface area (Å²) in [6.45, 7) is -0.0887. The molecule has 4 heteroatoms. The molecule has 3 N–H and O–H groups in total. The molecule has 1 saturated carbocycles. The van der Waals surface area contributed by atoms with Gasteiger partial charge in [-0.05, 0) is 0 Å². The molecular formula is C7H18ClN2P. The van der Waals surface area contributed by atoms with Crippen LogP contribution in [0.5, 0.6) is 0 Å². The van der Waals surface area contributed by atoms with E-state index < -0.39 is 6.92 Å². The van der Waals surface area contributed by atoms with E-state index in [9.17, 15) is 0 Å². The molecule has 1 aliphatic rings. The first-order valence-electron chi connectivity index (χ1n) is 4.33. The van der Waals surface area contributed by atoms with Crippen LogP contribution in [0, 0.1) is 0 Å². The van der Waals surface area contributed by atoms with Crippen LogP contribution in [0.2, 0.25) is 0 Å². The van der Waals surface area contributed by atoms with Gasteiger partial charge in [-0.25, -0.2) is 0 Å². The molecule has 0 atom stereocenters. The van der Waals surface area contributed by atoms with E-state index in [1.165, 1.54) is 32.1 Å². The van der Waals surface area contributed by atoms with Gasteiger partial charge in [-0.15, -0.1) is 0 Å². The van der Waals surface area contributed by atoms with Crippen molar-refractivity contribution < 1.29 is 0 Å². The minimum absolute atomic E-state index is 0.600. The van der Waals surface area contributed by atoms with Gasteiger partial charge in [-0.2, -0.15) is 0 Å². The molecule has 0 aromatic heterocycles. The number of nitrogens with two attached hydrogens (primary N) is 1. The maximum absolute atomic E-state index is 5.97. The van der Waals surface area contributed by atoms with Crippen LogP contribution in [-0.2, 0) is 0 Å². The van der Waals surface area contributed by atoms with Gasteiger partial charge in [0.15, 0.2) is 0 Å². The standard InChI is InChI=1S/C7H18ClN2P/c1-11(8,9)10-7-5-3-2-4-6-7/h7,10-11H,2-6,9H2,1H3. The molecule has 0 aromatic rings. The molecule has 0 aliphatic heterocycles. The summed E-state index contributed by atoms with van der Waals surface area (Å²) in [7, 11) is 0. The minimum atomic E-state index is -2.02. The normalized spacial score (nSPS) is 23.5. The Morgan fingerprint density at radius 2 is 1.91 bits per heavy atom. The van der Waals surface area contributed by atoms with E-state index in [1.54, 1.807) is 0 Å². The Labute approximate surface area is 74.1 Å². The second-order valence-corrected chi connectivity index (χ2v) is 8.35. The average molecular weight is 197 g/mol. The van der Waals surface area contributed by atoms with Gasteiger partial charge in [0, 0.05) is 0 Å².